The van der Waals surface area contributed by atoms with Crippen LogP contribution in [0.4, 0.5) is 0 Å². The van der Waals surface area contributed by atoms with Crippen LogP contribution in [0.5, 0.6) is 5.75 Å². The molecule has 11 heteroatoms. The van der Waals surface area contributed by atoms with Crippen LogP contribution in [0.25, 0.3) is 10.9 Å². The number of rotatable bonds is 5. The molecule has 0 unspecified atom stereocenters. The molecule has 0 fully saturated rings. The lowest BCUT2D eigenvalue weighted by atomic mass is 10.1. The Hall–Kier alpha value is -3.11. The van der Waals surface area contributed by atoms with Gasteiger partial charge in [0.05, 0.1) is 29.3 Å². The second-order valence-electron chi connectivity index (χ2n) is 5.81. The number of amides is 1. The maximum Gasteiger partial charge on any atom is 0.343 e. The number of methoxy groups -OCH3 is 1. The minimum absolute atomic E-state index is 0.0292. The van der Waals surface area contributed by atoms with Gasteiger partial charge >= 0.3 is 5.69 Å². The number of hydrogen-bond donors (Lipinski definition) is 2. The number of aromatic amines is 1. The highest BCUT2D eigenvalue weighted by molar-refractivity contribution is 7.90. The molecule has 9 nitrogen and oxygen atoms in total. The van der Waals surface area contributed by atoms with E-state index in [1.165, 1.54) is 31.4 Å². The van der Waals surface area contributed by atoms with Gasteiger partial charge in [0.2, 0.25) is 5.91 Å². The molecule has 1 amide bonds. The summed E-state index contributed by atoms with van der Waals surface area (Å²) in [6.45, 7) is 0. The van der Waals surface area contributed by atoms with Gasteiger partial charge < -0.3 is 15.5 Å². The van der Waals surface area contributed by atoms with E-state index in [0.717, 1.165) is 12.1 Å². The number of aromatic nitrogens is 2. The van der Waals surface area contributed by atoms with Crippen LogP contribution in [0, 0.1) is 0 Å². The van der Waals surface area contributed by atoms with Crippen LogP contribution in [0.15, 0.2) is 50.9 Å². The second kappa shape index (κ2) is 7.13. The zero-order chi connectivity index (χ0) is 20.6. The monoisotopic (exact) mass is 423 g/mol. The third kappa shape index (κ3) is 3.39. The van der Waals surface area contributed by atoms with Crippen LogP contribution < -0.4 is 21.7 Å². The molecule has 146 valence electrons. The summed E-state index contributed by atoms with van der Waals surface area (Å²) in [5, 5.41) is 0.243. The molecule has 0 aliphatic heterocycles. The smallest absolute Gasteiger partial charge is 0.343 e. The molecule has 2 aromatic carbocycles. The third-order valence-electron chi connectivity index (χ3n) is 3.98. The zero-order valence-corrected chi connectivity index (χ0v) is 16.0. The molecule has 1 aromatic heterocycles. The molecule has 0 saturated heterocycles. The summed E-state index contributed by atoms with van der Waals surface area (Å²) in [5.74, 6) is -0.461. The first kappa shape index (κ1) is 19.6. The van der Waals surface area contributed by atoms with Gasteiger partial charge in [-0.2, -0.15) is 0 Å². The van der Waals surface area contributed by atoms with Crippen molar-refractivity contribution in [1.29, 1.82) is 0 Å². The van der Waals surface area contributed by atoms with Crippen molar-refractivity contribution in [3.63, 3.8) is 0 Å². The molecule has 3 aromatic rings. The van der Waals surface area contributed by atoms with Crippen molar-refractivity contribution in [2.45, 2.75) is 11.3 Å². The number of nitrogens with zero attached hydrogens (tertiary/aromatic N) is 1. The third-order valence-corrected chi connectivity index (χ3v) is 5.87. The Morgan fingerprint density at radius 2 is 1.93 bits per heavy atom. The van der Waals surface area contributed by atoms with E-state index in [2.05, 4.69) is 4.98 Å². The maximum absolute atomic E-state index is 13.0. The lowest BCUT2D eigenvalue weighted by molar-refractivity contribution is -0.117. The molecule has 0 saturated carbocycles. The molecule has 0 bridgehead atoms. The van der Waals surface area contributed by atoms with Gasteiger partial charge in [0.25, 0.3) is 15.6 Å². The van der Waals surface area contributed by atoms with Crippen LogP contribution in [-0.4, -0.2) is 30.4 Å². The number of nitrogens with two attached hydrogens (primary N) is 1. The van der Waals surface area contributed by atoms with E-state index >= 15 is 0 Å². The Balaban J connectivity index is 2.27. The molecule has 3 N–H and O–H groups in total. The summed E-state index contributed by atoms with van der Waals surface area (Å²) in [6, 6.07) is 7.67. The predicted molar refractivity (Wildman–Crippen MR) is 102 cm³/mol. The Bertz CT molecular complexity index is 1330. The number of benzene rings is 2. The number of carbonyl (C=O) groups is 1. The molecular weight excluding hydrogens is 410 g/mol. The van der Waals surface area contributed by atoms with E-state index in [1.807, 2.05) is 0 Å². The quantitative estimate of drug-likeness (QED) is 0.616. The Labute approximate surface area is 163 Å². The first-order valence-electron chi connectivity index (χ1n) is 7.80. The number of halogens is 1. The number of carbonyl (C=O) groups excluding carboxylic acids is 1. The van der Waals surface area contributed by atoms with Crippen molar-refractivity contribution < 1.29 is 17.9 Å². The average molecular weight is 424 g/mol. The summed E-state index contributed by atoms with van der Waals surface area (Å²) in [4.78, 5) is 38.3. The summed E-state index contributed by atoms with van der Waals surface area (Å²) in [7, 11) is -3.22. The van der Waals surface area contributed by atoms with Crippen molar-refractivity contribution in [3.05, 3.63) is 67.8 Å². The molecular formula is C17H14ClN3O6S. The standard InChI is InChI=1S/C17H14ClN3O6S/c1-27-14-5-3-11(6-9(14)7-15(19)22)28(25,26)21-16(23)12-4-2-10(18)8-13(12)20-17(21)24/h2-6,8H,7H2,1H3,(H2,19,22)(H,20,24). The predicted octanol–water partition coefficient (Wildman–Crippen LogP) is 0.617. The van der Waals surface area contributed by atoms with E-state index < -0.39 is 27.2 Å². The molecule has 0 aliphatic carbocycles. The zero-order valence-electron chi connectivity index (χ0n) is 14.4. The highest BCUT2D eigenvalue weighted by Gasteiger charge is 2.24. The number of H-pyrrole nitrogens is 1. The van der Waals surface area contributed by atoms with E-state index in [1.54, 1.807) is 0 Å². The molecule has 3 rings (SSSR count). The topological polar surface area (TPSA) is 141 Å². The fraction of sp³-hybridized carbons (Fsp3) is 0.118. The molecule has 28 heavy (non-hydrogen) atoms. The van der Waals surface area contributed by atoms with Gasteiger partial charge in [0, 0.05) is 10.6 Å². The molecule has 0 aliphatic rings. The summed E-state index contributed by atoms with van der Waals surface area (Å²) in [6.07, 6.45) is -0.284. The minimum Gasteiger partial charge on any atom is -0.496 e. The number of nitrogens with one attached hydrogen (secondary N) is 1. The van der Waals surface area contributed by atoms with Crippen molar-refractivity contribution in [2.75, 3.05) is 7.11 Å². The van der Waals surface area contributed by atoms with E-state index in [9.17, 15) is 22.8 Å². The summed E-state index contributed by atoms with van der Waals surface area (Å²) in [5.41, 5.74) is 3.32. The van der Waals surface area contributed by atoms with Crippen LogP contribution >= 0.6 is 11.6 Å². The van der Waals surface area contributed by atoms with Crippen LogP contribution in [0.1, 0.15) is 5.56 Å². The van der Waals surface area contributed by atoms with E-state index in [4.69, 9.17) is 22.1 Å². The maximum atomic E-state index is 13.0. The highest BCUT2D eigenvalue weighted by atomic mass is 35.5. The van der Waals surface area contributed by atoms with E-state index in [0.29, 0.717) is 0 Å². The number of ether oxygens (including phenoxy) is 1. The van der Waals surface area contributed by atoms with Gasteiger partial charge in [0.1, 0.15) is 5.75 Å². The lowest BCUT2D eigenvalue weighted by Gasteiger charge is -2.11. The Morgan fingerprint density at radius 3 is 2.57 bits per heavy atom. The Morgan fingerprint density at radius 1 is 1.21 bits per heavy atom. The van der Waals surface area contributed by atoms with Gasteiger partial charge in [0.15, 0.2) is 0 Å². The van der Waals surface area contributed by atoms with Gasteiger partial charge in [-0.15, -0.1) is 3.97 Å². The number of hydrogen-bond acceptors (Lipinski definition) is 6. The van der Waals surface area contributed by atoms with Crippen molar-refractivity contribution >= 4 is 38.4 Å². The minimum atomic E-state index is -4.57. The van der Waals surface area contributed by atoms with Crippen LogP contribution in [0.3, 0.4) is 0 Å². The SMILES string of the molecule is COc1ccc(S(=O)(=O)n2c(=O)[nH]c3cc(Cl)ccc3c2=O)cc1CC(N)=O. The van der Waals surface area contributed by atoms with Gasteiger partial charge in [-0.05, 0) is 36.4 Å². The Kier molecular flexibility index (Phi) is 5.01. The van der Waals surface area contributed by atoms with Crippen LogP contribution in [-0.2, 0) is 21.2 Å². The number of fused-ring (bicyclic) bond motifs is 1. The van der Waals surface area contributed by atoms with E-state index in [-0.39, 0.29) is 42.5 Å². The van der Waals surface area contributed by atoms with Gasteiger partial charge in [-0.3, -0.25) is 9.59 Å². The first-order chi connectivity index (χ1) is 13.1. The summed E-state index contributed by atoms with van der Waals surface area (Å²) < 4.78 is 31.2. The van der Waals surface area contributed by atoms with Crippen molar-refractivity contribution in [3.8, 4) is 5.75 Å². The normalized spacial score (nSPS) is 11.5. The fourth-order valence-electron chi connectivity index (χ4n) is 2.74. The number of primary amides is 1. The lowest BCUT2D eigenvalue weighted by Crippen LogP contribution is -2.40. The highest BCUT2D eigenvalue weighted by Crippen LogP contribution is 2.24. The molecule has 0 radical (unpaired) electrons. The average Bonchev–Trinajstić information content (AvgIpc) is 2.60. The van der Waals surface area contributed by atoms with Crippen molar-refractivity contribution in [1.82, 2.24) is 8.96 Å². The van der Waals surface area contributed by atoms with Gasteiger partial charge in [-0.25, -0.2) is 13.2 Å². The summed E-state index contributed by atoms with van der Waals surface area (Å²) >= 11 is 5.84. The second-order valence-corrected chi connectivity index (χ2v) is 8.03. The molecule has 1 heterocycles. The molecule has 0 atom stereocenters. The largest absolute Gasteiger partial charge is 0.496 e. The van der Waals surface area contributed by atoms with Gasteiger partial charge in [-0.1, -0.05) is 11.6 Å². The first-order valence-corrected chi connectivity index (χ1v) is 9.62. The molecule has 0 spiro atoms. The fourth-order valence-corrected chi connectivity index (χ4v) is 4.23. The van der Waals surface area contributed by atoms with Crippen LogP contribution in [0.2, 0.25) is 5.02 Å². The van der Waals surface area contributed by atoms with Crippen molar-refractivity contribution in [2.24, 2.45) is 5.73 Å².